The van der Waals surface area contributed by atoms with Crippen LogP contribution in [-0.2, 0) is 14.3 Å². The molecule has 0 radical (unpaired) electrons. The number of amides is 1. The lowest BCUT2D eigenvalue weighted by molar-refractivity contribution is -0.151. The van der Waals surface area contributed by atoms with E-state index in [0.29, 0.717) is 31.7 Å². The molecule has 4 heterocycles. The van der Waals surface area contributed by atoms with Crippen LogP contribution >= 0.6 is 0 Å². The number of furan rings is 1. The fraction of sp³-hybridized carbons (Fsp3) is 0.667. The molecule has 1 aromatic rings. The Morgan fingerprint density at radius 3 is 2.64 bits per heavy atom. The number of carbonyl (C=O) groups excluding carboxylic acids is 2. The molecule has 1 amide bonds. The average molecular weight is 348 g/mol. The van der Waals surface area contributed by atoms with Gasteiger partial charge in [-0.05, 0) is 25.0 Å². The maximum atomic E-state index is 12.5. The van der Waals surface area contributed by atoms with Gasteiger partial charge in [-0.15, -0.1) is 0 Å². The van der Waals surface area contributed by atoms with Gasteiger partial charge in [-0.1, -0.05) is 0 Å². The van der Waals surface area contributed by atoms with Gasteiger partial charge in [-0.3, -0.25) is 14.5 Å². The maximum absolute atomic E-state index is 12.5. The third kappa shape index (κ3) is 3.30. The zero-order chi connectivity index (χ0) is 17.3. The van der Waals surface area contributed by atoms with Crippen LogP contribution in [0.4, 0.5) is 0 Å². The topological polar surface area (TPSA) is 72.2 Å². The van der Waals surface area contributed by atoms with E-state index in [9.17, 15) is 9.59 Å². The van der Waals surface area contributed by atoms with Gasteiger partial charge in [0.05, 0.1) is 24.9 Å². The van der Waals surface area contributed by atoms with Crippen molar-refractivity contribution in [3.63, 3.8) is 0 Å². The molecule has 4 rings (SSSR count). The molecule has 1 atom stereocenters. The minimum atomic E-state index is -0.420. The number of esters is 1. The van der Waals surface area contributed by atoms with Crippen LogP contribution in [0.5, 0.6) is 0 Å². The molecule has 0 saturated carbocycles. The lowest BCUT2D eigenvalue weighted by Crippen LogP contribution is -2.45. The quantitative estimate of drug-likeness (QED) is 0.763. The molecule has 1 aromatic heterocycles. The van der Waals surface area contributed by atoms with E-state index in [0.717, 1.165) is 39.3 Å². The number of nitrogens with zero attached hydrogens (tertiary/aromatic N) is 2. The van der Waals surface area contributed by atoms with Crippen molar-refractivity contribution in [3.8, 4) is 0 Å². The predicted octanol–water partition coefficient (Wildman–Crippen LogP) is 1.15. The minimum absolute atomic E-state index is 0.0436. The number of morpholine rings is 1. The second-order valence-electron chi connectivity index (χ2n) is 7.19. The van der Waals surface area contributed by atoms with Crippen LogP contribution in [0, 0.1) is 5.41 Å². The number of cyclic esters (lactones) is 1. The van der Waals surface area contributed by atoms with Gasteiger partial charge in [0, 0.05) is 39.1 Å². The van der Waals surface area contributed by atoms with E-state index in [2.05, 4.69) is 4.90 Å². The molecule has 3 fully saturated rings. The number of ether oxygens (including phenoxy) is 2. The summed E-state index contributed by atoms with van der Waals surface area (Å²) in [4.78, 5) is 29.0. The van der Waals surface area contributed by atoms with Crippen molar-refractivity contribution in [3.05, 3.63) is 24.2 Å². The fourth-order valence-electron chi connectivity index (χ4n) is 4.11. The smallest absolute Gasteiger partial charge is 0.312 e. The molecule has 0 aromatic carbocycles. The molecule has 25 heavy (non-hydrogen) atoms. The van der Waals surface area contributed by atoms with Crippen LogP contribution in [0.3, 0.4) is 0 Å². The molecule has 7 heteroatoms. The number of hydrogen-bond donors (Lipinski definition) is 0. The predicted molar refractivity (Wildman–Crippen MR) is 88.0 cm³/mol. The Labute approximate surface area is 146 Å². The number of rotatable bonds is 3. The minimum Gasteiger partial charge on any atom is -0.461 e. The third-order valence-corrected chi connectivity index (χ3v) is 5.63. The summed E-state index contributed by atoms with van der Waals surface area (Å²) in [5.74, 6) is 0.169. The molecule has 136 valence electrons. The Kier molecular flexibility index (Phi) is 4.52. The van der Waals surface area contributed by atoms with Crippen molar-refractivity contribution in [1.29, 1.82) is 0 Å². The SMILES string of the molecule is O=C(c1ccco1)N1CCC2(CC1)CC(CN1CCOCC1)OC2=O. The summed E-state index contributed by atoms with van der Waals surface area (Å²) in [7, 11) is 0. The number of piperidine rings is 1. The van der Waals surface area contributed by atoms with Crippen molar-refractivity contribution in [2.45, 2.75) is 25.4 Å². The largest absolute Gasteiger partial charge is 0.461 e. The number of likely N-dealkylation sites (tertiary alicyclic amines) is 1. The second-order valence-corrected chi connectivity index (χ2v) is 7.19. The van der Waals surface area contributed by atoms with Gasteiger partial charge in [-0.2, -0.15) is 0 Å². The maximum Gasteiger partial charge on any atom is 0.312 e. The summed E-state index contributed by atoms with van der Waals surface area (Å²) in [6.07, 6.45) is 3.54. The van der Waals surface area contributed by atoms with E-state index < -0.39 is 5.41 Å². The van der Waals surface area contributed by atoms with Crippen LogP contribution in [0.2, 0.25) is 0 Å². The summed E-state index contributed by atoms with van der Waals surface area (Å²) >= 11 is 0. The highest BCUT2D eigenvalue weighted by atomic mass is 16.6. The van der Waals surface area contributed by atoms with E-state index in [1.165, 1.54) is 6.26 Å². The first-order valence-electron chi connectivity index (χ1n) is 9.00. The summed E-state index contributed by atoms with van der Waals surface area (Å²) in [5.41, 5.74) is -0.420. The molecule has 3 saturated heterocycles. The molecule has 7 nitrogen and oxygen atoms in total. The van der Waals surface area contributed by atoms with Crippen molar-refractivity contribution >= 4 is 11.9 Å². The monoisotopic (exact) mass is 348 g/mol. The van der Waals surface area contributed by atoms with Crippen molar-refractivity contribution in [2.75, 3.05) is 45.9 Å². The Bertz CT molecular complexity index is 615. The number of carbonyl (C=O) groups is 2. The van der Waals surface area contributed by atoms with Gasteiger partial charge in [0.1, 0.15) is 6.10 Å². The first-order valence-corrected chi connectivity index (χ1v) is 9.00. The van der Waals surface area contributed by atoms with Gasteiger partial charge < -0.3 is 18.8 Å². The molecule has 0 aliphatic carbocycles. The van der Waals surface area contributed by atoms with Gasteiger partial charge in [-0.25, -0.2) is 0 Å². The molecule has 0 N–H and O–H groups in total. The highest BCUT2D eigenvalue weighted by Crippen LogP contribution is 2.43. The summed E-state index contributed by atoms with van der Waals surface area (Å²) < 4.78 is 16.2. The average Bonchev–Trinajstić information content (AvgIpc) is 3.26. The Morgan fingerprint density at radius 2 is 1.96 bits per heavy atom. The Hall–Kier alpha value is -1.86. The summed E-state index contributed by atoms with van der Waals surface area (Å²) in [6.45, 7) is 5.20. The normalized spacial score (nSPS) is 26.8. The van der Waals surface area contributed by atoms with Gasteiger partial charge >= 0.3 is 5.97 Å². The summed E-state index contributed by atoms with van der Waals surface area (Å²) in [5, 5.41) is 0. The van der Waals surface area contributed by atoms with Crippen LogP contribution in [0.25, 0.3) is 0 Å². The van der Waals surface area contributed by atoms with Crippen LogP contribution in [-0.4, -0.2) is 73.7 Å². The van der Waals surface area contributed by atoms with Gasteiger partial charge in [0.15, 0.2) is 5.76 Å². The molecule has 1 unspecified atom stereocenters. The molecular weight excluding hydrogens is 324 g/mol. The van der Waals surface area contributed by atoms with Crippen molar-refractivity contribution < 1.29 is 23.5 Å². The zero-order valence-corrected chi connectivity index (χ0v) is 14.3. The molecular formula is C18H24N2O5. The standard InChI is InChI=1S/C18H24N2O5/c21-16(15-2-1-9-24-15)20-5-3-18(4-6-20)12-14(25-17(18)22)13-19-7-10-23-11-8-19/h1-2,9,14H,3-8,10-13H2. The first kappa shape index (κ1) is 16.6. The van der Waals surface area contributed by atoms with E-state index in [-0.39, 0.29) is 18.0 Å². The highest BCUT2D eigenvalue weighted by Gasteiger charge is 2.51. The van der Waals surface area contributed by atoms with E-state index >= 15 is 0 Å². The molecule has 0 bridgehead atoms. The van der Waals surface area contributed by atoms with Gasteiger partial charge in [0.2, 0.25) is 0 Å². The van der Waals surface area contributed by atoms with E-state index in [4.69, 9.17) is 13.9 Å². The molecule has 1 spiro atoms. The lowest BCUT2D eigenvalue weighted by atomic mass is 9.76. The second kappa shape index (κ2) is 6.80. The molecule has 3 aliphatic rings. The molecule has 3 aliphatic heterocycles. The van der Waals surface area contributed by atoms with Crippen LogP contribution < -0.4 is 0 Å². The lowest BCUT2D eigenvalue weighted by Gasteiger charge is -2.36. The van der Waals surface area contributed by atoms with E-state index in [1.807, 2.05) is 0 Å². The number of hydrogen-bond acceptors (Lipinski definition) is 6. The summed E-state index contributed by atoms with van der Waals surface area (Å²) in [6, 6.07) is 3.39. The third-order valence-electron chi connectivity index (χ3n) is 5.63. The van der Waals surface area contributed by atoms with Crippen molar-refractivity contribution in [2.24, 2.45) is 5.41 Å². The zero-order valence-electron chi connectivity index (χ0n) is 14.3. The van der Waals surface area contributed by atoms with Crippen LogP contribution in [0.15, 0.2) is 22.8 Å². The fourth-order valence-corrected chi connectivity index (χ4v) is 4.11. The van der Waals surface area contributed by atoms with Gasteiger partial charge in [0.25, 0.3) is 5.91 Å². The Morgan fingerprint density at radius 1 is 1.20 bits per heavy atom. The van der Waals surface area contributed by atoms with Crippen LogP contribution in [0.1, 0.15) is 29.8 Å². The van der Waals surface area contributed by atoms with Crippen molar-refractivity contribution in [1.82, 2.24) is 9.80 Å². The first-order chi connectivity index (χ1) is 12.2. The highest BCUT2D eigenvalue weighted by molar-refractivity contribution is 5.91. The van der Waals surface area contributed by atoms with E-state index in [1.54, 1.807) is 17.0 Å². The Balaban J connectivity index is 1.34.